The van der Waals surface area contributed by atoms with Gasteiger partial charge in [0, 0.05) is 12.1 Å². The smallest absolute Gasteiger partial charge is 0.258 e. The van der Waals surface area contributed by atoms with Crippen LogP contribution in [0.2, 0.25) is 0 Å². The van der Waals surface area contributed by atoms with Gasteiger partial charge in [0.2, 0.25) is 0 Å². The summed E-state index contributed by atoms with van der Waals surface area (Å²) in [5, 5.41) is 20.3. The molecule has 2 aromatic carbocycles. The summed E-state index contributed by atoms with van der Waals surface area (Å²) >= 11 is 0. The van der Waals surface area contributed by atoms with Crippen LogP contribution in [0.4, 0.5) is 5.69 Å². The Balaban J connectivity index is 2.57. The Hall–Kier alpha value is -2.67. The van der Waals surface area contributed by atoms with E-state index in [-0.39, 0.29) is 5.69 Å². The largest absolute Gasteiger partial charge is 0.269 e. The molecule has 0 heterocycles. The Labute approximate surface area is 117 Å². The van der Waals surface area contributed by atoms with Crippen LogP contribution in [0.1, 0.15) is 28.2 Å². The maximum Gasteiger partial charge on any atom is 0.269 e. The summed E-state index contributed by atoms with van der Waals surface area (Å²) < 4.78 is 0. The van der Waals surface area contributed by atoms with Crippen molar-refractivity contribution in [3.05, 3.63) is 74.8 Å². The summed E-state index contributed by atoms with van der Waals surface area (Å²) in [5.74, 6) is -0.406. The van der Waals surface area contributed by atoms with E-state index in [9.17, 15) is 15.4 Å². The maximum absolute atomic E-state index is 10.9. The molecule has 0 aliphatic carbocycles. The number of nitro benzene ring substituents is 1. The first-order valence-electron chi connectivity index (χ1n) is 6.24. The molecule has 4 nitrogen and oxygen atoms in total. The second-order valence-electron chi connectivity index (χ2n) is 4.72. The summed E-state index contributed by atoms with van der Waals surface area (Å²) in [6.07, 6.45) is 0. The number of non-ortho nitro benzene ring substituents is 1. The average molecular weight is 266 g/mol. The predicted octanol–water partition coefficient (Wildman–Crippen LogP) is 3.87. The first-order valence-corrected chi connectivity index (χ1v) is 6.24. The number of rotatable bonds is 3. The molecule has 1 atom stereocenters. The van der Waals surface area contributed by atoms with Crippen LogP contribution in [0.3, 0.4) is 0 Å². The second kappa shape index (κ2) is 5.54. The third-order valence-electron chi connectivity index (χ3n) is 3.34. The summed E-state index contributed by atoms with van der Waals surface area (Å²) in [7, 11) is 0. The van der Waals surface area contributed by atoms with Gasteiger partial charge in [0.15, 0.2) is 0 Å². The summed E-state index contributed by atoms with van der Waals surface area (Å²) in [6, 6.07) is 14.8. The minimum Gasteiger partial charge on any atom is -0.258 e. The van der Waals surface area contributed by atoms with Gasteiger partial charge in [-0.05, 0) is 36.1 Å². The van der Waals surface area contributed by atoms with Crippen LogP contribution >= 0.6 is 0 Å². The number of aryl methyl sites for hydroxylation is 2. The van der Waals surface area contributed by atoms with Gasteiger partial charge in [0.25, 0.3) is 5.69 Å². The minimum absolute atomic E-state index is 0.0634. The van der Waals surface area contributed by atoms with E-state index in [1.54, 1.807) is 0 Å². The standard InChI is InChI=1S/C16H14N2O2/c1-11-8-14(18(19)20)9-12(2)16(11)15(10-17)13-6-4-3-5-7-13/h3-9,15H,1-2H3. The molecule has 2 rings (SSSR count). The van der Waals surface area contributed by atoms with E-state index in [1.165, 1.54) is 12.1 Å². The van der Waals surface area contributed by atoms with Crippen LogP contribution in [-0.2, 0) is 0 Å². The van der Waals surface area contributed by atoms with Crippen molar-refractivity contribution >= 4 is 5.69 Å². The van der Waals surface area contributed by atoms with Crippen molar-refractivity contribution in [3.63, 3.8) is 0 Å². The number of nitriles is 1. The summed E-state index contributed by atoms with van der Waals surface area (Å²) in [4.78, 5) is 10.5. The molecule has 100 valence electrons. The van der Waals surface area contributed by atoms with Gasteiger partial charge in [-0.3, -0.25) is 10.1 Å². The van der Waals surface area contributed by atoms with E-state index in [0.717, 1.165) is 22.3 Å². The van der Waals surface area contributed by atoms with Crippen LogP contribution in [-0.4, -0.2) is 4.92 Å². The first kappa shape index (κ1) is 13.8. The number of nitro groups is 1. The molecule has 0 aromatic heterocycles. The molecule has 0 radical (unpaired) electrons. The zero-order chi connectivity index (χ0) is 14.7. The van der Waals surface area contributed by atoms with Gasteiger partial charge >= 0.3 is 0 Å². The van der Waals surface area contributed by atoms with Crippen LogP contribution in [0.5, 0.6) is 0 Å². The fourth-order valence-corrected chi connectivity index (χ4v) is 2.46. The van der Waals surface area contributed by atoms with Gasteiger partial charge < -0.3 is 0 Å². The lowest BCUT2D eigenvalue weighted by Crippen LogP contribution is -2.04. The molecule has 1 unspecified atom stereocenters. The fraction of sp³-hybridized carbons (Fsp3) is 0.188. The Morgan fingerprint density at radius 1 is 1.15 bits per heavy atom. The third-order valence-corrected chi connectivity index (χ3v) is 3.34. The highest BCUT2D eigenvalue weighted by molar-refractivity contribution is 5.51. The molecule has 0 aliphatic heterocycles. The van der Waals surface area contributed by atoms with E-state index in [4.69, 9.17) is 0 Å². The lowest BCUT2D eigenvalue weighted by Gasteiger charge is -2.15. The fourth-order valence-electron chi connectivity index (χ4n) is 2.46. The van der Waals surface area contributed by atoms with Gasteiger partial charge in [-0.2, -0.15) is 5.26 Å². The van der Waals surface area contributed by atoms with Crippen molar-refractivity contribution in [1.29, 1.82) is 5.26 Å². The Morgan fingerprint density at radius 3 is 2.15 bits per heavy atom. The number of benzene rings is 2. The third kappa shape index (κ3) is 2.52. The van der Waals surface area contributed by atoms with Crippen LogP contribution in [0, 0.1) is 35.3 Å². The zero-order valence-corrected chi connectivity index (χ0v) is 11.3. The number of nitrogens with zero attached hydrogens (tertiary/aromatic N) is 2. The molecule has 4 heteroatoms. The molecular weight excluding hydrogens is 252 g/mol. The van der Waals surface area contributed by atoms with Crippen molar-refractivity contribution in [2.24, 2.45) is 0 Å². The molecule has 20 heavy (non-hydrogen) atoms. The van der Waals surface area contributed by atoms with Gasteiger partial charge in [-0.1, -0.05) is 30.3 Å². The summed E-state index contributed by atoms with van der Waals surface area (Å²) in [5.41, 5.74) is 3.35. The van der Waals surface area contributed by atoms with E-state index in [1.807, 2.05) is 44.2 Å². The van der Waals surface area contributed by atoms with Crippen molar-refractivity contribution in [2.75, 3.05) is 0 Å². The van der Waals surface area contributed by atoms with Gasteiger partial charge in [-0.15, -0.1) is 0 Å². The molecule has 0 amide bonds. The van der Waals surface area contributed by atoms with Crippen molar-refractivity contribution in [3.8, 4) is 6.07 Å². The van der Waals surface area contributed by atoms with Gasteiger partial charge in [0.1, 0.15) is 0 Å². The average Bonchev–Trinajstić information content (AvgIpc) is 2.43. The minimum atomic E-state index is -0.409. The highest BCUT2D eigenvalue weighted by Crippen LogP contribution is 2.32. The van der Waals surface area contributed by atoms with Gasteiger partial charge in [-0.25, -0.2) is 0 Å². The van der Waals surface area contributed by atoms with E-state index in [0.29, 0.717) is 0 Å². The van der Waals surface area contributed by atoms with Gasteiger partial charge in [0.05, 0.1) is 16.9 Å². The van der Waals surface area contributed by atoms with Crippen LogP contribution in [0.25, 0.3) is 0 Å². The van der Waals surface area contributed by atoms with Crippen LogP contribution in [0.15, 0.2) is 42.5 Å². The normalized spacial score (nSPS) is 11.7. The lowest BCUT2D eigenvalue weighted by molar-refractivity contribution is -0.385. The number of hydrogen-bond donors (Lipinski definition) is 0. The monoisotopic (exact) mass is 266 g/mol. The predicted molar refractivity (Wildman–Crippen MR) is 76.5 cm³/mol. The van der Waals surface area contributed by atoms with Crippen molar-refractivity contribution in [1.82, 2.24) is 0 Å². The first-order chi connectivity index (χ1) is 9.54. The SMILES string of the molecule is Cc1cc([N+](=O)[O-])cc(C)c1C(C#N)c1ccccc1. The lowest BCUT2D eigenvalue weighted by atomic mass is 9.86. The molecule has 0 aliphatic rings. The Morgan fingerprint density at radius 2 is 1.70 bits per heavy atom. The number of hydrogen-bond acceptors (Lipinski definition) is 3. The highest BCUT2D eigenvalue weighted by Gasteiger charge is 2.20. The molecule has 0 saturated carbocycles. The van der Waals surface area contributed by atoms with E-state index < -0.39 is 10.8 Å². The van der Waals surface area contributed by atoms with Crippen molar-refractivity contribution in [2.45, 2.75) is 19.8 Å². The van der Waals surface area contributed by atoms with E-state index >= 15 is 0 Å². The molecule has 2 aromatic rings. The molecule has 0 saturated heterocycles. The maximum atomic E-state index is 10.9. The molecule has 0 fully saturated rings. The Bertz CT molecular complexity index is 664. The molecule has 0 spiro atoms. The highest BCUT2D eigenvalue weighted by atomic mass is 16.6. The topological polar surface area (TPSA) is 66.9 Å². The zero-order valence-electron chi connectivity index (χ0n) is 11.3. The quantitative estimate of drug-likeness (QED) is 0.625. The Kier molecular flexibility index (Phi) is 3.81. The molecule has 0 N–H and O–H groups in total. The molecular formula is C16H14N2O2. The van der Waals surface area contributed by atoms with E-state index in [2.05, 4.69) is 6.07 Å². The van der Waals surface area contributed by atoms with Crippen LogP contribution < -0.4 is 0 Å². The molecule has 0 bridgehead atoms. The second-order valence-corrected chi connectivity index (χ2v) is 4.72. The van der Waals surface area contributed by atoms with Crippen molar-refractivity contribution < 1.29 is 4.92 Å². The summed E-state index contributed by atoms with van der Waals surface area (Å²) in [6.45, 7) is 3.62.